The summed E-state index contributed by atoms with van der Waals surface area (Å²) in [7, 11) is 0. The molecule has 0 saturated carbocycles. The molecule has 0 unspecified atom stereocenters. The summed E-state index contributed by atoms with van der Waals surface area (Å²) in [6.45, 7) is 3.85. The molecule has 1 amide bonds. The highest BCUT2D eigenvalue weighted by atomic mass is 127. The summed E-state index contributed by atoms with van der Waals surface area (Å²) < 4.78 is 2.66. The number of carbonyl (C=O) groups excluding carboxylic acids is 1. The van der Waals surface area contributed by atoms with Crippen molar-refractivity contribution in [3.63, 3.8) is 0 Å². The molecule has 26 heavy (non-hydrogen) atoms. The molecule has 8 heteroatoms. The van der Waals surface area contributed by atoms with E-state index in [0.717, 1.165) is 36.2 Å². The minimum Gasteiger partial charge on any atom is -0.322 e. The van der Waals surface area contributed by atoms with Crippen LogP contribution >= 0.6 is 33.9 Å². The first kappa shape index (κ1) is 17.1. The zero-order valence-corrected chi connectivity index (χ0v) is 17.0. The molecule has 0 radical (unpaired) electrons. The number of anilines is 1. The Morgan fingerprint density at radius 2 is 1.96 bits per heavy atom. The number of nitrogens with zero attached hydrogens (tertiary/aromatic N) is 4. The van der Waals surface area contributed by atoms with Crippen LogP contribution in [0.5, 0.6) is 0 Å². The molecule has 6 nitrogen and oxygen atoms in total. The zero-order chi connectivity index (χ0) is 18.3. The second-order valence-electron chi connectivity index (χ2n) is 5.81. The number of aryl methyl sites for hydroxylation is 2. The second kappa shape index (κ2) is 6.76. The maximum atomic E-state index is 12.5. The number of rotatable bonds is 3. The van der Waals surface area contributed by atoms with Crippen LogP contribution in [-0.2, 0) is 0 Å². The van der Waals surface area contributed by atoms with Crippen LogP contribution in [-0.4, -0.2) is 25.7 Å². The van der Waals surface area contributed by atoms with Gasteiger partial charge in [-0.05, 0) is 72.3 Å². The van der Waals surface area contributed by atoms with Gasteiger partial charge in [-0.15, -0.1) is 10.2 Å². The molecule has 0 aliphatic rings. The number of benzene rings is 2. The maximum absolute atomic E-state index is 12.5. The van der Waals surface area contributed by atoms with E-state index < -0.39 is 0 Å². The second-order valence-corrected chi connectivity index (χ2v) is 7.93. The fraction of sp³-hybridized carbons (Fsp3) is 0.111. The summed E-state index contributed by atoms with van der Waals surface area (Å²) in [5.41, 5.74) is 3.42. The molecule has 130 valence electrons. The Bertz CT molecular complexity index is 1130. The van der Waals surface area contributed by atoms with Gasteiger partial charge in [0.15, 0.2) is 5.82 Å². The first-order valence-corrected chi connectivity index (χ1v) is 9.78. The molecule has 0 fully saturated rings. The molecule has 0 aliphatic carbocycles. The van der Waals surface area contributed by atoms with Gasteiger partial charge in [0.2, 0.25) is 4.96 Å². The molecular weight excluding hydrogens is 461 g/mol. The SMILES string of the molecule is Cc1cc(-c2nn3c(C)nnc3s2)ccc1NC(=O)c1ccccc1I. The summed E-state index contributed by atoms with van der Waals surface area (Å²) in [4.78, 5) is 13.3. The van der Waals surface area contributed by atoms with Gasteiger partial charge in [0, 0.05) is 14.8 Å². The average molecular weight is 475 g/mol. The van der Waals surface area contributed by atoms with E-state index in [1.807, 2.05) is 56.3 Å². The van der Waals surface area contributed by atoms with Gasteiger partial charge in [0.05, 0.1) is 5.56 Å². The van der Waals surface area contributed by atoms with E-state index in [0.29, 0.717) is 5.56 Å². The summed E-state index contributed by atoms with van der Waals surface area (Å²) >= 11 is 3.66. The molecule has 2 aromatic carbocycles. The van der Waals surface area contributed by atoms with E-state index in [9.17, 15) is 4.79 Å². The van der Waals surface area contributed by atoms with Crippen LogP contribution in [0.2, 0.25) is 0 Å². The lowest BCUT2D eigenvalue weighted by Crippen LogP contribution is -2.14. The van der Waals surface area contributed by atoms with E-state index >= 15 is 0 Å². The van der Waals surface area contributed by atoms with Gasteiger partial charge in [-0.25, -0.2) is 0 Å². The van der Waals surface area contributed by atoms with E-state index in [1.54, 1.807) is 4.52 Å². The number of halogens is 1. The molecule has 2 aromatic heterocycles. The smallest absolute Gasteiger partial charge is 0.256 e. The number of hydrogen-bond acceptors (Lipinski definition) is 5. The minimum absolute atomic E-state index is 0.111. The van der Waals surface area contributed by atoms with Crippen molar-refractivity contribution in [2.45, 2.75) is 13.8 Å². The van der Waals surface area contributed by atoms with Gasteiger partial charge in [-0.3, -0.25) is 4.79 Å². The van der Waals surface area contributed by atoms with Crippen LogP contribution in [0.4, 0.5) is 5.69 Å². The summed E-state index contributed by atoms with van der Waals surface area (Å²) in [5, 5.41) is 16.5. The first-order valence-electron chi connectivity index (χ1n) is 7.88. The van der Waals surface area contributed by atoms with Crippen molar-refractivity contribution in [3.05, 3.63) is 63.0 Å². The predicted molar refractivity (Wildman–Crippen MR) is 111 cm³/mol. The Morgan fingerprint density at radius 1 is 1.15 bits per heavy atom. The molecule has 4 rings (SSSR count). The fourth-order valence-electron chi connectivity index (χ4n) is 2.60. The Morgan fingerprint density at radius 3 is 2.69 bits per heavy atom. The van der Waals surface area contributed by atoms with Crippen molar-refractivity contribution in [1.29, 1.82) is 0 Å². The highest BCUT2D eigenvalue weighted by molar-refractivity contribution is 14.1. The number of hydrogen-bond donors (Lipinski definition) is 1. The number of amides is 1. The molecule has 0 saturated heterocycles. The highest BCUT2D eigenvalue weighted by Gasteiger charge is 2.14. The van der Waals surface area contributed by atoms with Crippen LogP contribution < -0.4 is 5.32 Å². The Balaban J connectivity index is 1.61. The minimum atomic E-state index is -0.111. The van der Waals surface area contributed by atoms with Gasteiger partial charge in [-0.2, -0.15) is 9.61 Å². The molecule has 0 spiro atoms. The molecule has 0 bridgehead atoms. The normalized spacial score (nSPS) is 11.0. The standard InChI is InChI=1S/C18H14IN5OS/c1-10-9-12(17-23-24-11(2)21-22-18(24)26-17)7-8-15(10)20-16(25)13-5-3-4-6-14(13)19/h3-9H,1-2H3,(H,20,25). The lowest BCUT2D eigenvalue weighted by atomic mass is 10.1. The van der Waals surface area contributed by atoms with Crippen LogP contribution in [0.3, 0.4) is 0 Å². The number of nitrogens with one attached hydrogen (secondary N) is 1. The molecule has 2 heterocycles. The molecule has 1 N–H and O–H groups in total. The van der Waals surface area contributed by atoms with Gasteiger partial charge < -0.3 is 5.32 Å². The summed E-state index contributed by atoms with van der Waals surface area (Å²) in [5.74, 6) is 0.654. The first-order chi connectivity index (χ1) is 12.5. The summed E-state index contributed by atoms with van der Waals surface area (Å²) in [6.07, 6.45) is 0. The molecule has 0 atom stereocenters. The van der Waals surface area contributed by atoms with Crippen molar-refractivity contribution in [3.8, 4) is 10.6 Å². The van der Waals surface area contributed by atoms with Gasteiger partial charge in [-0.1, -0.05) is 23.5 Å². The average Bonchev–Trinajstić information content (AvgIpc) is 3.19. The van der Waals surface area contributed by atoms with Crippen molar-refractivity contribution < 1.29 is 4.79 Å². The third kappa shape index (κ3) is 3.10. The van der Waals surface area contributed by atoms with Crippen LogP contribution in [0.25, 0.3) is 15.5 Å². The van der Waals surface area contributed by atoms with E-state index in [2.05, 4.69) is 43.2 Å². The van der Waals surface area contributed by atoms with Crippen LogP contribution in [0.15, 0.2) is 42.5 Å². The highest BCUT2D eigenvalue weighted by Crippen LogP contribution is 2.29. The van der Waals surface area contributed by atoms with Crippen molar-refractivity contribution in [2.24, 2.45) is 0 Å². The van der Waals surface area contributed by atoms with E-state index in [4.69, 9.17) is 0 Å². The van der Waals surface area contributed by atoms with E-state index in [-0.39, 0.29) is 5.91 Å². The fourth-order valence-corrected chi connectivity index (χ4v) is 4.12. The monoisotopic (exact) mass is 475 g/mol. The lowest BCUT2D eigenvalue weighted by Gasteiger charge is -2.10. The van der Waals surface area contributed by atoms with Crippen molar-refractivity contribution >= 4 is 50.5 Å². The Kier molecular flexibility index (Phi) is 4.45. The molecular formula is C18H14IN5OS. The zero-order valence-electron chi connectivity index (χ0n) is 14.0. The van der Waals surface area contributed by atoms with E-state index in [1.165, 1.54) is 11.3 Å². The Labute approximate surface area is 167 Å². The number of fused-ring (bicyclic) bond motifs is 1. The topological polar surface area (TPSA) is 72.2 Å². The van der Waals surface area contributed by atoms with Crippen molar-refractivity contribution in [1.82, 2.24) is 19.8 Å². The quantitative estimate of drug-likeness (QED) is 0.448. The maximum Gasteiger partial charge on any atom is 0.256 e. The van der Waals surface area contributed by atoms with Crippen LogP contribution in [0, 0.1) is 17.4 Å². The third-order valence-corrected chi connectivity index (χ3v) is 5.88. The molecule has 0 aliphatic heterocycles. The predicted octanol–water partition coefficient (Wildman–Crippen LogP) is 4.33. The Hall–Kier alpha value is -2.33. The van der Waals surface area contributed by atoms with Gasteiger partial charge in [0.1, 0.15) is 5.01 Å². The van der Waals surface area contributed by atoms with Crippen molar-refractivity contribution in [2.75, 3.05) is 5.32 Å². The number of aromatic nitrogens is 4. The number of carbonyl (C=O) groups is 1. The van der Waals surface area contributed by atoms with Crippen LogP contribution in [0.1, 0.15) is 21.7 Å². The molecule has 4 aromatic rings. The lowest BCUT2D eigenvalue weighted by molar-refractivity contribution is 0.102. The largest absolute Gasteiger partial charge is 0.322 e. The summed E-state index contributed by atoms with van der Waals surface area (Å²) in [6, 6.07) is 13.4. The van der Waals surface area contributed by atoms with Gasteiger partial charge >= 0.3 is 0 Å². The third-order valence-electron chi connectivity index (χ3n) is 3.99. The van der Waals surface area contributed by atoms with Gasteiger partial charge in [0.25, 0.3) is 5.91 Å².